The highest BCUT2D eigenvalue weighted by Gasteiger charge is 2.11. The molecule has 0 N–H and O–H groups in total. The summed E-state index contributed by atoms with van der Waals surface area (Å²) in [5, 5.41) is 1.35. The van der Waals surface area contributed by atoms with E-state index in [1.807, 2.05) is 43.4 Å². The fourth-order valence-corrected chi connectivity index (χ4v) is 4.47. The number of hydrogen-bond acceptors (Lipinski definition) is 5. The van der Waals surface area contributed by atoms with Crippen molar-refractivity contribution in [2.45, 2.75) is 40.5 Å². The second kappa shape index (κ2) is 12.8. The van der Waals surface area contributed by atoms with Crippen LogP contribution < -0.4 is 14.9 Å². The van der Waals surface area contributed by atoms with Crippen molar-refractivity contribution in [2.24, 2.45) is 7.05 Å². The second-order valence-corrected chi connectivity index (χ2v) is 8.70. The Morgan fingerprint density at radius 1 is 0.706 bits per heavy atom. The van der Waals surface area contributed by atoms with Crippen LogP contribution in [-0.4, -0.2) is 66.8 Å². The largest absolute Gasteiger partial charge is 0.494 e. The summed E-state index contributed by atoms with van der Waals surface area (Å²) in [6, 6.07) is 11.6. The maximum Gasteiger partial charge on any atom is 0.197 e. The van der Waals surface area contributed by atoms with E-state index in [1.165, 1.54) is 0 Å². The first-order valence-corrected chi connectivity index (χ1v) is 12.8. The molecule has 0 radical (unpaired) electrons. The van der Waals surface area contributed by atoms with Gasteiger partial charge in [-0.1, -0.05) is 27.7 Å². The summed E-state index contributed by atoms with van der Waals surface area (Å²) in [4.78, 5) is 18.2. The molecule has 6 nitrogen and oxygen atoms in total. The minimum atomic E-state index is 0.0188. The summed E-state index contributed by atoms with van der Waals surface area (Å²) < 4.78 is 14.0. The molecule has 0 amide bonds. The van der Waals surface area contributed by atoms with Gasteiger partial charge in [0.2, 0.25) is 0 Å². The molecule has 0 saturated carbocycles. The van der Waals surface area contributed by atoms with Crippen LogP contribution >= 0.6 is 0 Å². The summed E-state index contributed by atoms with van der Waals surface area (Å²) in [5.41, 5.74) is 1.83. The molecule has 0 aliphatic rings. The molecule has 0 unspecified atom stereocenters. The van der Waals surface area contributed by atoms with E-state index in [2.05, 4.69) is 42.1 Å². The highest BCUT2D eigenvalue weighted by Crippen LogP contribution is 2.25. The van der Waals surface area contributed by atoms with Gasteiger partial charge in [0.15, 0.2) is 5.43 Å². The van der Waals surface area contributed by atoms with Crippen LogP contribution in [0.3, 0.4) is 0 Å². The van der Waals surface area contributed by atoms with Crippen LogP contribution in [0.2, 0.25) is 0 Å². The maximum absolute atomic E-state index is 13.4. The van der Waals surface area contributed by atoms with Crippen molar-refractivity contribution >= 4 is 21.8 Å². The van der Waals surface area contributed by atoms with E-state index in [0.717, 1.165) is 74.6 Å². The predicted octanol–water partition coefficient (Wildman–Crippen LogP) is 4.91. The fraction of sp³-hybridized carbons (Fsp3) is 0.536. The van der Waals surface area contributed by atoms with Gasteiger partial charge in [0.05, 0.1) is 24.2 Å². The van der Waals surface area contributed by atoms with E-state index in [1.54, 1.807) is 0 Å². The zero-order chi connectivity index (χ0) is 24.5. The molecule has 3 rings (SSSR count). The van der Waals surface area contributed by atoms with Crippen LogP contribution in [0.15, 0.2) is 41.2 Å². The molecule has 2 aromatic carbocycles. The van der Waals surface area contributed by atoms with Gasteiger partial charge in [-0.05, 0) is 75.4 Å². The lowest BCUT2D eigenvalue weighted by molar-refractivity contribution is 0.249. The molecule has 3 aromatic rings. The van der Waals surface area contributed by atoms with Gasteiger partial charge in [0.25, 0.3) is 0 Å². The smallest absolute Gasteiger partial charge is 0.197 e. The Hall–Kier alpha value is -2.57. The predicted molar refractivity (Wildman–Crippen MR) is 142 cm³/mol. The number of pyridine rings is 1. The molecule has 0 fully saturated rings. The van der Waals surface area contributed by atoms with Crippen LogP contribution in [0.5, 0.6) is 11.5 Å². The fourth-order valence-electron chi connectivity index (χ4n) is 4.47. The summed E-state index contributed by atoms with van der Waals surface area (Å²) in [5.74, 6) is 1.49. The molecule has 6 heteroatoms. The molecular formula is C28H41N3O3. The number of fused-ring (bicyclic) bond motifs is 2. The Bertz CT molecular complexity index is 1030. The third kappa shape index (κ3) is 6.30. The summed E-state index contributed by atoms with van der Waals surface area (Å²) >= 11 is 0. The summed E-state index contributed by atoms with van der Waals surface area (Å²) in [6.07, 6.45) is 1.93. The van der Waals surface area contributed by atoms with E-state index in [0.29, 0.717) is 24.0 Å². The highest BCUT2D eigenvalue weighted by atomic mass is 16.5. The van der Waals surface area contributed by atoms with Crippen molar-refractivity contribution in [1.82, 2.24) is 14.4 Å². The second-order valence-electron chi connectivity index (χ2n) is 8.70. The van der Waals surface area contributed by atoms with Crippen molar-refractivity contribution in [2.75, 3.05) is 52.5 Å². The van der Waals surface area contributed by atoms with Crippen LogP contribution in [-0.2, 0) is 7.05 Å². The Balaban J connectivity index is 1.75. The maximum atomic E-state index is 13.4. The van der Waals surface area contributed by atoms with Gasteiger partial charge in [-0.2, -0.15) is 0 Å². The van der Waals surface area contributed by atoms with Gasteiger partial charge < -0.3 is 23.8 Å². The van der Waals surface area contributed by atoms with Crippen LogP contribution in [0.4, 0.5) is 0 Å². The zero-order valence-corrected chi connectivity index (χ0v) is 21.6. The summed E-state index contributed by atoms with van der Waals surface area (Å²) in [6.45, 7) is 16.2. The van der Waals surface area contributed by atoms with E-state index in [9.17, 15) is 4.79 Å². The topological polar surface area (TPSA) is 46.9 Å². The zero-order valence-electron chi connectivity index (χ0n) is 21.6. The van der Waals surface area contributed by atoms with Crippen molar-refractivity contribution in [3.63, 3.8) is 0 Å². The lowest BCUT2D eigenvalue weighted by atomic mass is 10.1. The molecule has 186 valence electrons. The number of benzene rings is 2. The van der Waals surface area contributed by atoms with Gasteiger partial charge in [-0.15, -0.1) is 0 Å². The number of aryl methyl sites for hydroxylation is 1. The minimum Gasteiger partial charge on any atom is -0.494 e. The Morgan fingerprint density at radius 2 is 1.12 bits per heavy atom. The lowest BCUT2D eigenvalue weighted by Crippen LogP contribution is -2.25. The Morgan fingerprint density at radius 3 is 1.50 bits per heavy atom. The van der Waals surface area contributed by atoms with Crippen LogP contribution in [0.25, 0.3) is 21.8 Å². The first-order valence-electron chi connectivity index (χ1n) is 12.8. The molecule has 1 heterocycles. The first-order chi connectivity index (χ1) is 16.5. The molecule has 0 saturated heterocycles. The van der Waals surface area contributed by atoms with Crippen molar-refractivity contribution < 1.29 is 9.47 Å². The minimum absolute atomic E-state index is 0.0188. The lowest BCUT2D eigenvalue weighted by Gasteiger charge is -2.18. The van der Waals surface area contributed by atoms with Gasteiger partial charge in [-0.3, -0.25) is 4.79 Å². The van der Waals surface area contributed by atoms with Gasteiger partial charge in [0, 0.05) is 30.9 Å². The van der Waals surface area contributed by atoms with Crippen molar-refractivity contribution in [1.29, 1.82) is 0 Å². The van der Waals surface area contributed by atoms with Crippen molar-refractivity contribution in [3.05, 3.63) is 46.6 Å². The average Bonchev–Trinajstić information content (AvgIpc) is 2.87. The SMILES string of the molecule is CCN(CC)CCCOc1ccc2c(c1)c(=O)c1cc(OCCCN(CC)CC)ccc1n2C. The third-order valence-corrected chi connectivity index (χ3v) is 6.71. The highest BCUT2D eigenvalue weighted by molar-refractivity contribution is 5.94. The molecule has 1 aromatic heterocycles. The van der Waals surface area contributed by atoms with Gasteiger partial charge in [0.1, 0.15) is 11.5 Å². The molecular weight excluding hydrogens is 426 g/mol. The normalized spacial score (nSPS) is 11.7. The van der Waals surface area contributed by atoms with Gasteiger partial charge in [-0.25, -0.2) is 0 Å². The molecule has 0 aliphatic heterocycles. The summed E-state index contributed by atoms with van der Waals surface area (Å²) in [7, 11) is 2.00. The molecule has 0 atom stereocenters. The van der Waals surface area contributed by atoms with Gasteiger partial charge >= 0.3 is 0 Å². The standard InChI is InChI=1S/C28H41N3O3/c1-6-30(7-2)16-10-18-33-22-12-14-26-24(20-22)28(32)25-21-23(13-15-27(25)29(26)5)34-19-11-17-31(8-3)9-4/h12-15,20-21H,6-11,16-19H2,1-5H3. The van der Waals surface area contributed by atoms with Crippen molar-refractivity contribution in [3.8, 4) is 11.5 Å². The average molecular weight is 468 g/mol. The van der Waals surface area contributed by atoms with E-state index in [-0.39, 0.29) is 5.43 Å². The third-order valence-electron chi connectivity index (χ3n) is 6.71. The quantitative estimate of drug-likeness (QED) is 0.249. The van der Waals surface area contributed by atoms with E-state index in [4.69, 9.17) is 9.47 Å². The molecule has 34 heavy (non-hydrogen) atoms. The first kappa shape index (κ1) is 26.0. The Labute approximate surface area is 204 Å². The van der Waals surface area contributed by atoms with Crippen LogP contribution in [0.1, 0.15) is 40.5 Å². The number of ether oxygens (including phenoxy) is 2. The molecule has 0 spiro atoms. The monoisotopic (exact) mass is 467 g/mol. The number of nitrogens with zero attached hydrogens (tertiary/aromatic N) is 3. The van der Waals surface area contributed by atoms with E-state index >= 15 is 0 Å². The molecule has 0 aliphatic carbocycles. The van der Waals surface area contributed by atoms with Crippen LogP contribution in [0, 0.1) is 0 Å². The number of hydrogen-bond donors (Lipinski definition) is 0. The Kier molecular flexibility index (Phi) is 9.78. The number of aromatic nitrogens is 1. The number of rotatable bonds is 14. The molecule has 0 bridgehead atoms. The van der Waals surface area contributed by atoms with E-state index < -0.39 is 0 Å².